The molecule has 0 radical (unpaired) electrons. The van der Waals surface area contributed by atoms with Crippen LogP contribution in [-0.2, 0) is 9.59 Å². The first-order valence-corrected chi connectivity index (χ1v) is 11.2. The number of nitrogens with zero attached hydrogens (tertiary/aromatic N) is 1. The van der Waals surface area contributed by atoms with E-state index in [-0.39, 0.29) is 11.3 Å². The highest BCUT2D eigenvalue weighted by Gasteiger charge is 2.34. The second-order valence-corrected chi connectivity index (χ2v) is 8.36. The van der Waals surface area contributed by atoms with E-state index in [1.54, 1.807) is 41.8 Å². The second-order valence-electron chi connectivity index (χ2n) is 7.41. The van der Waals surface area contributed by atoms with Gasteiger partial charge in [-0.2, -0.15) is 0 Å². The van der Waals surface area contributed by atoms with E-state index in [9.17, 15) is 14.4 Å². The van der Waals surface area contributed by atoms with Gasteiger partial charge in [0.2, 0.25) is 0 Å². The van der Waals surface area contributed by atoms with E-state index in [4.69, 9.17) is 9.47 Å². The molecule has 3 aromatic rings. The number of nitrogens with one attached hydrogen (secondary N) is 1. The Morgan fingerprint density at radius 3 is 2.58 bits per heavy atom. The summed E-state index contributed by atoms with van der Waals surface area (Å²) in [4.78, 5) is 38.3. The number of ether oxygens (including phenoxy) is 2. The molecular formula is C25H22N2O5S. The zero-order valence-electron chi connectivity index (χ0n) is 18.4. The molecule has 33 heavy (non-hydrogen) atoms. The van der Waals surface area contributed by atoms with E-state index in [1.165, 1.54) is 22.4 Å². The number of aryl methyl sites for hydroxylation is 2. The van der Waals surface area contributed by atoms with Gasteiger partial charge in [-0.25, -0.2) is 9.80 Å². The zero-order chi connectivity index (χ0) is 23.5. The lowest BCUT2D eigenvalue weighted by atomic mass is 10.1. The van der Waals surface area contributed by atoms with Gasteiger partial charge in [-0.05, 0) is 79.2 Å². The molecule has 0 spiro atoms. The van der Waals surface area contributed by atoms with Crippen molar-refractivity contribution in [1.82, 2.24) is 5.43 Å². The Labute approximate surface area is 195 Å². The minimum absolute atomic E-state index is 0.000920. The van der Waals surface area contributed by atoms with E-state index in [2.05, 4.69) is 5.43 Å². The Hall–Kier alpha value is -3.91. The highest BCUT2D eigenvalue weighted by atomic mass is 32.1. The number of hydrogen-bond donors (Lipinski definition) is 1. The summed E-state index contributed by atoms with van der Waals surface area (Å²) in [7, 11) is 0. The van der Waals surface area contributed by atoms with Crippen LogP contribution in [0, 0.1) is 13.8 Å². The van der Waals surface area contributed by atoms with Crippen LogP contribution in [0.25, 0.3) is 6.08 Å². The number of rotatable bonds is 6. The van der Waals surface area contributed by atoms with Crippen LogP contribution >= 0.6 is 11.3 Å². The fourth-order valence-corrected chi connectivity index (χ4v) is 3.88. The van der Waals surface area contributed by atoms with Gasteiger partial charge in [-0.3, -0.25) is 15.0 Å². The third-order valence-electron chi connectivity index (χ3n) is 5.14. The Morgan fingerprint density at radius 1 is 1.06 bits per heavy atom. The summed E-state index contributed by atoms with van der Waals surface area (Å²) >= 11 is 1.28. The zero-order valence-corrected chi connectivity index (χ0v) is 19.2. The average molecular weight is 463 g/mol. The number of carbonyl (C=O) groups excluding carboxylic acids is 3. The predicted octanol–water partition coefficient (Wildman–Crippen LogP) is 4.44. The molecule has 0 bridgehead atoms. The van der Waals surface area contributed by atoms with Crippen LogP contribution in [0.1, 0.15) is 33.3 Å². The van der Waals surface area contributed by atoms with Gasteiger partial charge in [0, 0.05) is 0 Å². The number of anilines is 1. The van der Waals surface area contributed by atoms with Crippen LogP contribution < -0.4 is 19.9 Å². The maximum Gasteiger partial charge on any atom is 0.353 e. The van der Waals surface area contributed by atoms with Gasteiger partial charge in [0.25, 0.3) is 11.8 Å². The van der Waals surface area contributed by atoms with Gasteiger partial charge in [-0.15, -0.1) is 11.3 Å². The average Bonchev–Trinajstić information content (AvgIpc) is 3.42. The molecule has 4 rings (SSSR count). The summed E-state index contributed by atoms with van der Waals surface area (Å²) in [6, 6.07) is 13.9. The molecule has 1 aromatic heterocycles. The molecule has 7 nitrogen and oxygen atoms in total. The van der Waals surface area contributed by atoms with Crippen LogP contribution in [0.15, 0.2) is 59.5 Å². The fraction of sp³-hybridized carbons (Fsp3) is 0.160. The third-order valence-corrected chi connectivity index (χ3v) is 5.99. The molecule has 168 valence electrons. The quantitative estimate of drug-likeness (QED) is 0.253. The molecule has 1 fully saturated rings. The van der Waals surface area contributed by atoms with Crippen molar-refractivity contribution in [2.75, 3.05) is 11.6 Å². The predicted molar refractivity (Wildman–Crippen MR) is 126 cm³/mol. The monoisotopic (exact) mass is 462 g/mol. The molecule has 1 N–H and O–H groups in total. The van der Waals surface area contributed by atoms with Crippen molar-refractivity contribution in [1.29, 1.82) is 0 Å². The number of hydrazine groups is 1. The van der Waals surface area contributed by atoms with Crippen molar-refractivity contribution >= 4 is 40.9 Å². The SMILES string of the molecule is CCOc1cc(/C=C2/C(=O)NN(c3ccc(C)c(C)c3)C2=O)ccc1OC(=O)c1cccs1. The smallest absolute Gasteiger partial charge is 0.353 e. The minimum Gasteiger partial charge on any atom is -0.490 e. The van der Waals surface area contributed by atoms with E-state index in [0.717, 1.165) is 11.1 Å². The van der Waals surface area contributed by atoms with Crippen molar-refractivity contribution in [2.45, 2.75) is 20.8 Å². The summed E-state index contributed by atoms with van der Waals surface area (Å²) < 4.78 is 11.1. The van der Waals surface area contributed by atoms with Crippen LogP contribution in [-0.4, -0.2) is 24.4 Å². The van der Waals surface area contributed by atoms with Crippen molar-refractivity contribution in [2.24, 2.45) is 0 Å². The molecule has 2 amide bonds. The fourth-order valence-electron chi connectivity index (χ4n) is 3.28. The number of benzene rings is 2. The minimum atomic E-state index is -0.496. The number of hydrogen-bond acceptors (Lipinski definition) is 6. The van der Waals surface area contributed by atoms with Crippen LogP contribution in [0.5, 0.6) is 11.5 Å². The topological polar surface area (TPSA) is 84.9 Å². The Morgan fingerprint density at radius 2 is 1.88 bits per heavy atom. The van der Waals surface area contributed by atoms with Gasteiger partial charge < -0.3 is 9.47 Å². The van der Waals surface area contributed by atoms with Crippen molar-refractivity contribution in [3.05, 3.63) is 81.1 Å². The maximum atomic E-state index is 12.9. The van der Waals surface area contributed by atoms with E-state index >= 15 is 0 Å². The number of carbonyl (C=O) groups is 3. The molecule has 1 aliphatic rings. The standard InChI is InChI=1S/C25H22N2O5S/c1-4-31-21-14-17(8-10-20(21)32-25(30)22-6-5-11-33-22)13-19-23(28)26-27(24(19)29)18-9-7-15(2)16(3)12-18/h5-14H,4H2,1-3H3,(H,26,28)/b19-13-. The molecule has 1 saturated heterocycles. The van der Waals surface area contributed by atoms with E-state index in [1.807, 2.05) is 32.9 Å². The van der Waals surface area contributed by atoms with E-state index in [0.29, 0.717) is 28.5 Å². The Bertz CT molecular complexity index is 1260. The van der Waals surface area contributed by atoms with Crippen molar-refractivity contribution < 1.29 is 23.9 Å². The number of amides is 2. The van der Waals surface area contributed by atoms with Gasteiger partial charge >= 0.3 is 5.97 Å². The number of thiophene rings is 1. The highest BCUT2D eigenvalue weighted by molar-refractivity contribution is 7.12. The van der Waals surface area contributed by atoms with Gasteiger partial charge in [0.15, 0.2) is 11.5 Å². The molecule has 2 heterocycles. The van der Waals surface area contributed by atoms with Gasteiger partial charge in [-0.1, -0.05) is 18.2 Å². The molecule has 8 heteroatoms. The maximum absolute atomic E-state index is 12.9. The molecular weight excluding hydrogens is 440 g/mol. The van der Waals surface area contributed by atoms with Crippen LogP contribution in [0.3, 0.4) is 0 Å². The summed E-state index contributed by atoms with van der Waals surface area (Å²) in [5.41, 5.74) is 5.87. The molecule has 0 aliphatic carbocycles. The lowest BCUT2D eigenvalue weighted by molar-refractivity contribution is -0.117. The molecule has 0 atom stereocenters. The normalized spacial score (nSPS) is 14.5. The lowest BCUT2D eigenvalue weighted by Crippen LogP contribution is -2.35. The largest absolute Gasteiger partial charge is 0.490 e. The number of esters is 1. The van der Waals surface area contributed by atoms with Crippen molar-refractivity contribution in [3.63, 3.8) is 0 Å². The van der Waals surface area contributed by atoms with Crippen molar-refractivity contribution in [3.8, 4) is 11.5 Å². The van der Waals surface area contributed by atoms with Gasteiger partial charge in [0.05, 0.1) is 12.3 Å². The molecule has 0 unspecified atom stereocenters. The first kappa shape index (κ1) is 22.3. The summed E-state index contributed by atoms with van der Waals surface area (Å²) in [5.74, 6) is -0.824. The van der Waals surface area contributed by atoms with Crippen LogP contribution in [0.4, 0.5) is 5.69 Å². The second kappa shape index (κ2) is 9.30. The molecule has 0 saturated carbocycles. The molecule has 1 aliphatic heterocycles. The molecule has 2 aromatic carbocycles. The first-order valence-electron chi connectivity index (χ1n) is 10.3. The summed E-state index contributed by atoms with van der Waals surface area (Å²) in [5, 5.41) is 3.03. The summed E-state index contributed by atoms with van der Waals surface area (Å²) in [6.45, 7) is 6.08. The Kier molecular flexibility index (Phi) is 6.28. The van der Waals surface area contributed by atoms with E-state index < -0.39 is 17.8 Å². The summed E-state index contributed by atoms with van der Waals surface area (Å²) in [6.07, 6.45) is 1.49. The highest BCUT2D eigenvalue weighted by Crippen LogP contribution is 2.31. The first-order chi connectivity index (χ1) is 15.9. The third kappa shape index (κ3) is 4.65. The Balaban J connectivity index is 1.60. The van der Waals surface area contributed by atoms with Crippen LogP contribution in [0.2, 0.25) is 0 Å². The lowest BCUT2D eigenvalue weighted by Gasteiger charge is -2.16. The van der Waals surface area contributed by atoms with Gasteiger partial charge in [0.1, 0.15) is 10.5 Å².